The summed E-state index contributed by atoms with van der Waals surface area (Å²) in [5, 5.41) is 0. The Balaban J connectivity index is 1.93. The first-order chi connectivity index (χ1) is 8.22. The molecule has 1 aromatic heterocycles. The van der Waals surface area contributed by atoms with Crippen LogP contribution in [0.2, 0.25) is 0 Å². The number of aromatic nitrogens is 2. The predicted octanol–water partition coefficient (Wildman–Crippen LogP) is 4.37. The van der Waals surface area contributed by atoms with Gasteiger partial charge in [0.1, 0.15) is 5.82 Å². The van der Waals surface area contributed by atoms with Crippen molar-refractivity contribution in [2.75, 3.05) is 0 Å². The van der Waals surface area contributed by atoms with Gasteiger partial charge < -0.3 is 4.98 Å². The molecule has 3 rings (SSSR count). The summed E-state index contributed by atoms with van der Waals surface area (Å²) in [4.78, 5) is 8.20. The summed E-state index contributed by atoms with van der Waals surface area (Å²) in [5.41, 5.74) is 3.52. The summed E-state index contributed by atoms with van der Waals surface area (Å²) in [7, 11) is 0. The molecular formula is C14H17BrN2. The van der Waals surface area contributed by atoms with E-state index >= 15 is 0 Å². The van der Waals surface area contributed by atoms with E-state index in [4.69, 9.17) is 4.98 Å². The molecule has 0 spiro atoms. The lowest BCUT2D eigenvalue weighted by Gasteiger charge is -2.04. The van der Waals surface area contributed by atoms with E-state index in [9.17, 15) is 0 Å². The van der Waals surface area contributed by atoms with Crippen molar-refractivity contribution in [2.45, 2.75) is 39.0 Å². The summed E-state index contributed by atoms with van der Waals surface area (Å²) in [6, 6.07) is 4.25. The predicted molar refractivity (Wildman–Crippen MR) is 74.2 cm³/mol. The Hall–Kier alpha value is -0.830. The van der Waals surface area contributed by atoms with Gasteiger partial charge >= 0.3 is 0 Å². The van der Waals surface area contributed by atoms with Gasteiger partial charge in [-0.25, -0.2) is 4.98 Å². The zero-order valence-corrected chi connectivity index (χ0v) is 11.7. The third-order valence-corrected chi connectivity index (χ3v) is 4.21. The van der Waals surface area contributed by atoms with Gasteiger partial charge in [-0.3, -0.25) is 0 Å². The normalized spacial score (nSPS) is 17.1. The summed E-state index contributed by atoms with van der Waals surface area (Å²) < 4.78 is 1.12. The zero-order chi connectivity index (χ0) is 11.8. The van der Waals surface area contributed by atoms with Crippen molar-refractivity contribution in [2.24, 2.45) is 5.92 Å². The number of hydrogen-bond acceptors (Lipinski definition) is 1. The maximum atomic E-state index is 4.74. The molecule has 0 aliphatic heterocycles. The Labute approximate surface area is 110 Å². The number of aromatic amines is 1. The number of hydrogen-bond donors (Lipinski definition) is 1. The van der Waals surface area contributed by atoms with E-state index < -0.39 is 0 Å². The van der Waals surface area contributed by atoms with E-state index in [-0.39, 0.29) is 0 Å². The maximum Gasteiger partial charge on any atom is 0.107 e. The molecule has 0 saturated heterocycles. The molecule has 0 amide bonds. The van der Waals surface area contributed by atoms with E-state index in [0.717, 1.165) is 33.7 Å². The van der Waals surface area contributed by atoms with Crippen LogP contribution in [0.3, 0.4) is 0 Å². The number of rotatable bonds is 2. The smallest absolute Gasteiger partial charge is 0.107 e. The van der Waals surface area contributed by atoms with Crippen LogP contribution < -0.4 is 0 Å². The van der Waals surface area contributed by atoms with Crippen LogP contribution in [0.15, 0.2) is 16.6 Å². The molecule has 1 N–H and O–H groups in total. The van der Waals surface area contributed by atoms with Crippen molar-refractivity contribution >= 4 is 27.0 Å². The molecule has 17 heavy (non-hydrogen) atoms. The molecule has 1 heterocycles. The van der Waals surface area contributed by atoms with Crippen molar-refractivity contribution < 1.29 is 0 Å². The first-order valence-corrected chi connectivity index (χ1v) is 7.16. The van der Waals surface area contributed by atoms with Gasteiger partial charge in [-0.15, -0.1) is 0 Å². The van der Waals surface area contributed by atoms with Gasteiger partial charge in [0, 0.05) is 10.9 Å². The number of benzene rings is 1. The SMILES string of the molecule is Cc1cc(Br)cc2[nH]c(CC3CCCC3)nc12. The van der Waals surface area contributed by atoms with Crippen molar-refractivity contribution in [1.29, 1.82) is 0 Å². The first kappa shape index (κ1) is 11.3. The van der Waals surface area contributed by atoms with Crippen molar-refractivity contribution in [3.63, 3.8) is 0 Å². The quantitative estimate of drug-likeness (QED) is 0.875. The molecule has 1 fully saturated rings. The van der Waals surface area contributed by atoms with E-state index in [1.54, 1.807) is 0 Å². The van der Waals surface area contributed by atoms with Crippen molar-refractivity contribution in [1.82, 2.24) is 9.97 Å². The van der Waals surface area contributed by atoms with Gasteiger partial charge in [-0.05, 0) is 30.5 Å². The van der Waals surface area contributed by atoms with Crippen LogP contribution in [-0.2, 0) is 6.42 Å². The van der Waals surface area contributed by atoms with E-state index in [0.29, 0.717) is 0 Å². The second-order valence-electron chi connectivity index (χ2n) is 5.16. The molecule has 1 aliphatic rings. The van der Waals surface area contributed by atoms with Crippen LogP contribution in [0.1, 0.15) is 37.1 Å². The fourth-order valence-corrected chi connectivity index (χ4v) is 3.45. The minimum Gasteiger partial charge on any atom is -0.342 e. The number of H-pyrrole nitrogens is 1. The van der Waals surface area contributed by atoms with Gasteiger partial charge in [0.2, 0.25) is 0 Å². The average molecular weight is 293 g/mol. The highest BCUT2D eigenvalue weighted by molar-refractivity contribution is 9.10. The second kappa shape index (κ2) is 4.45. The minimum absolute atomic E-state index is 0.847. The molecular weight excluding hydrogens is 276 g/mol. The largest absolute Gasteiger partial charge is 0.342 e. The molecule has 90 valence electrons. The van der Waals surface area contributed by atoms with Crippen molar-refractivity contribution in [3.05, 3.63) is 28.0 Å². The van der Waals surface area contributed by atoms with Gasteiger partial charge in [-0.1, -0.05) is 41.6 Å². The number of fused-ring (bicyclic) bond motifs is 1. The highest BCUT2D eigenvalue weighted by Gasteiger charge is 2.17. The minimum atomic E-state index is 0.847. The number of nitrogens with one attached hydrogen (secondary N) is 1. The third kappa shape index (κ3) is 2.25. The fourth-order valence-electron chi connectivity index (χ4n) is 2.88. The topological polar surface area (TPSA) is 28.7 Å². The number of halogens is 1. The fraction of sp³-hybridized carbons (Fsp3) is 0.500. The lowest BCUT2D eigenvalue weighted by Crippen LogP contribution is -2.00. The Kier molecular flexibility index (Phi) is 2.95. The summed E-state index contributed by atoms with van der Waals surface area (Å²) >= 11 is 3.53. The Morgan fingerprint density at radius 1 is 1.35 bits per heavy atom. The van der Waals surface area contributed by atoms with Gasteiger partial charge in [0.05, 0.1) is 11.0 Å². The summed E-state index contributed by atoms with van der Waals surface area (Å²) in [6.45, 7) is 2.12. The molecule has 1 saturated carbocycles. The monoisotopic (exact) mass is 292 g/mol. The van der Waals surface area contributed by atoms with Crippen LogP contribution in [0, 0.1) is 12.8 Å². The van der Waals surface area contributed by atoms with Gasteiger partial charge in [-0.2, -0.15) is 0 Å². The number of aryl methyl sites for hydroxylation is 1. The van der Waals surface area contributed by atoms with Crippen LogP contribution in [0.25, 0.3) is 11.0 Å². The van der Waals surface area contributed by atoms with E-state index in [2.05, 4.69) is 40.0 Å². The lowest BCUT2D eigenvalue weighted by molar-refractivity contribution is 0.534. The highest BCUT2D eigenvalue weighted by atomic mass is 79.9. The first-order valence-electron chi connectivity index (χ1n) is 6.37. The molecule has 0 atom stereocenters. The molecule has 0 unspecified atom stereocenters. The van der Waals surface area contributed by atoms with Crippen LogP contribution in [0.4, 0.5) is 0 Å². The van der Waals surface area contributed by atoms with Crippen LogP contribution in [-0.4, -0.2) is 9.97 Å². The average Bonchev–Trinajstić information content (AvgIpc) is 2.87. The highest BCUT2D eigenvalue weighted by Crippen LogP contribution is 2.29. The second-order valence-corrected chi connectivity index (χ2v) is 6.07. The Bertz CT molecular complexity index is 538. The molecule has 1 aliphatic carbocycles. The molecule has 2 aromatic rings. The van der Waals surface area contributed by atoms with Gasteiger partial charge in [0.25, 0.3) is 0 Å². The zero-order valence-electron chi connectivity index (χ0n) is 10.1. The molecule has 1 aromatic carbocycles. The summed E-state index contributed by atoms with van der Waals surface area (Å²) in [6.07, 6.45) is 6.66. The number of imidazole rings is 1. The molecule has 0 bridgehead atoms. The number of nitrogens with zero attached hydrogens (tertiary/aromatic N) is 1. The lowest BCUT2D eigenvalue weighted by atomic mass is 10.0. The van der Waals surface area contributed by atoms with Gasteiger partial charge in [0.15, 0.2) is 0 Å². The molecule has 0 radical (unpaired) electrons. The molecule has 2 nitrogen and oxygen atoms in total. The maximum absolute atomic E-state index is 4.74. The summed E-state index contributed by atoms with van der Waals surface area (Å²) in [5.74, 6) is 2.01. The Morgan fingerprint density at radius 2 is 2.12 bits per heavy atom. The third-order valence-electron chi connectivity index (χ3n) is 3.75. The van der Waals surface area contributed by atoms with Crippen LogP contribution >= 0.6 is 15.9 Å². The van der Waals surface area contributed by atoms with Crippen LogP contribution in [0.5, 0.6) is 0 Å². The molecule has 3 heteroatoms. The Morgan fingerprint density at radius 3 is 2.88 bits per heavy atom. The van der Waals surface area contributed by atoms with Crippen molar-refractivity contribution in [3.8, 4) is 0 Å². The van der Waals surface area contributed by atoms with E-state index in [1.165, 1.54) is 31.2 Å². The van der Waals surface area contributed by atoms with E-state index in [1.807, 2.05) is 0 Å². The standard InChI is InChI=1S/C14H17BrN2/c1-9-6-11(15)8-12-14(9)17-13(16-12)7-10-4-2-3-5-10/h6,8,10H,2-5,7H2,1H3,(H,16,17).